The van der Waals surface area contributed by atoms with Gasteiger partial charge in [0, 0.05) is 25.1 Å². The molecule has 0 aromatic heterocycles. The molecule has 0 bridgehead atoms. The van der Waals surface area contributed by atoms with Crippen LogP contribution < -0.4 is 15.4 Å². The highest BCUT2D eigenvalue weighted by Crippen LogP contribution is 2.15. The molecule has 1 unspecified atom stereocenters. The van der Waals surface area contributed by atoms with Gasteiger partial charge in [-0.15, -0.1) is 0 Å². The molecular formula is C34H47N3O5S. The lowest BCUT2D eigenvalue weighted by Crippen LogP contribution is -2.60. The van der Waals surface area contributed by atoms with Crippen LogP contribution >= 0.6 is 12.2 Å². The number of ether oxygens (including phenoxy) is 2. The molecule has 1 saturated heterocycles. The molecule has 0 spiro atoms. The van der Waals surface area contributed by atoms with Gasteiger partial charge in [-0.25, -0.2) is 0 Å². The predicted molar refractivity (Wildman–Crippen MR) is 173 cm³/mol. The molecule has 1 heterocycles. The lowest BCUT2D eigenvalue weighted by molar-refractivity contribution is -0.147. The average molecular weight is 610 g/mol. The Morgan fingerprint density at radius 2 is 1.56 bits per heavy atom. The van der Waals surface area contributed by atoms with Crippen molar-refractivity contribution in [1.82, 2.24) is 15.5 Å². The summed E-state index contributed by atoms with van der Waals surface area (Å²) in [4.78, 5) is 39.7. The first kappa shape index (κ1) is 34.0. The van der Waals surface area contributed by atoms with Crippen LogP contribution in [0.1, 0.15) is 93.5 Å². The number of hydrogen-bond donors (Lipinski definition) is 2. The number of thiocarbonyl (C=S) groups is 1. The third kappa shape index (κ3) is 12.7. The van der Waals surface area contributed by atoms with E-state index in [-0.39, 0.29) is 17.4 Å². The van der Waals surface area contributed by atoms with Crippen molar-refractivity contribution in [2.24, 2.45) is 0 Å². The molecule has 2 N–H and O–H groups in total. The van der Waals surface area contributed by atoms with E-state index < -0.39 is 17.9 Å². The molecule has 234 valence electrons. The van der Waals surface area contributed by atoms with Crippen LogP contribution in [0.4, 0.5) is 0 Å². The van der Waals surface area contributed by atoms with Crippen LogP contribution in [0.3, 0.4) is 0 Å². The third-order valence-electron chi connectivity index (χ3n) is 7.55. The Morgan fingerprint density at radius 1 is 0.907 bits per heavy atom. The van der Waals surface area contributed by atoms with Gasteiger partial charge in [-0.05, 0) is 48.5 Å². The predicted octanol–water partition coefficient (Wildman–Crippen LogP) is 5.98. The fourth-order valence-electron chi connectivity index (χ4n) is 5.03. The Kier molecular flexibility index (Phi) is 15.6. The number of carbonyl (C=O) groups excluding carboxylic acids is 3. The number of benzene rings is 2. The first-order chi connectivity index (χ1) is 21.0. The molecule has 0 saturated carbocycles. The normalized spacial score (nSPS) is 14.6. The molecule has 1 fully saturated rings. The maximum atomic E-state index is 12.9. The second-order valence-corrected chi connectivity index (χ2v) is 11.4. The van der Waals surface area contributed by atoms with E-state index in [1.807, 2.05) is 18.2 Å². The molecule has 43 heavy (non-hydrogen) atoms. The van der Waals surface area contributed by atoms with E-state index in [1.54, 1.807) is 29.2 Å². The van der Waals surface area contributed by atoms with E-state index in [0.717, 1.165) is 25.7 Å². The number of amides is 2. The molecule has 9 heteroatoms. The lowest BCUT2D eigenvalue weighted by atomic mass is 10.1. The Balaban J connectivity index is 1.37. The molecule has 0 radical (unpaired) electrons. The highest BCUT2D eigenvalue weighted by Gasteiger charge is 2.34. The zero-order chi connectivity index (χ0) is 30.7. The quantitative estimate of drug-likeness (QED) is 0.122. The highest BCUT2D eigenvalue weighted by molar-refractivity contribution is 7.80. The number of hydrogen-bond acceptors (Lipinski definition) is 6. The van der Waals surface area contributed by atoms with Gasteiger partial charge in [0.15, 0.2) is 5.11 Å². The van der Waals surface area contributed by atoms with E-state index in [4.69, 9.17) is 21.7 Å². The zero-order valence-corrected chi connectivity index (χ0v) is 26.3. The summed E-state index contributed by atoms with van der Waals surface area (Å²) in [6, 6.07) is 16.1. The van der Waals surface area contributed by atoms with Gasteiger partial charge in [0.1, 0.15) is 11.8 Å². The summed E-state index contributed by atoms with van der Waals surface area (Å²) in [5.41, 5.74) is 1.60. The van der Waals surface area contributed by atoms with Crippen LogP contribution in [0, 0.1) is 0 Å². The van der Waals surface area contributed by atoms with Crippen molar-refractivity contribution in [2.75, 3.05) is 26.3 Å². The van der Waals surface area contributed by atoms with Crippen molar-refractivity contribution >= 4 is 35.1 Å². The number of carbonyl (C=O) groups is 3. The van der Waals surface area contributed by atoms with Crippen LogP contribution in [-0.2, 0) is 20.7 Å². The summed E-state index contributed by atoms with van der Waals surface area (Å²) in [5.74, 6) is -0.482. The number of nitrogens with one attached hydrogen (secondary N) is 2. The number of esters is 1. The third-order valence-corrected chi connectivity index (χ3v) is 7.89. The lowest BCUT2D eigenvalue weighted by Gasteiger charge is -2.36. The first-order valence-electron chi connectivity index (χ1n) is 15.8. The second kappa shape index (κ2) is 19.7. The second-order valence-electron chi connectivity index (χ2n) is 11.0. The highest BCUT2D eigenvalue weighted by atomic mass is 32.1. The molecule has 0 aliphatic carbocycles. The van der Waals surface area contributed by atoms with Crippen molar-refractivity contribution < 1.29 is 23.9 Å². The van der Waals surface area contributed by atoms with Crippen molar-refractivity contribution in [3.05, 3.63) is 65.7 Å². The van der Waals surface area contributed by atoms with Gasteiger partial charge in [-0.1, -0.05) is 95.0 Å². The summed E-state index contributed by atoms with van der Waals surface area (Å²) < 4.78 is 11.2. The maximum Gasteiger partial charge on any atom is 0.308 e. The van der Waals surface area contributed by atoms with E-state index in [1.165, 1.54) is 50.5 Å². The Hall–Kier alpha value is -3.46. The molecule has 1 aliphatic heterocycles. The van der Waals surface area contributed by atoms with E-state index in [9.17, 15) is 14.4 Å². The molecular weight excluding hydrogens is 562 g/mol. The van der Waals surface area contributed by atoms with Gasteiger partial charge in [-0.2, -0.15) is 0 Å². The number of unbranched alkanes of at least 4 members (excludes halogenated alkanes) is 9. The first-order valence-corrected chi connectivity index (χ1v) is 16.2. The molecule has 3 rings (SSSR count). The summed E-state index contributed by atoms with van der Waals surface area (Å²) in [5, 5.41) is 5.59. The number of rotatable bonds is 18. The van der Waals surface area contributed by atoms with Crippen LogP contribution in [0.5, 0.6) is 5.75 Å². The fourth-order valence-corrected chi connectivity index (χ4v) is 5.34. The molecule has 2 amide bonds. The Morgan fingerprint density at radius 3 is 2.23 bits per heavy atom. The van der Waals surface area contributed by atoms with Gasteiger partial charge in [0.05, 0.1) is 19.6 Å². The zero-order valence-electron chi connectivity index (χ0n) is 25.5. The van der Waals surface area contributed by atoms with Gasteiger partial charge in [0.2, 0.25) is 5.91 Å². The largest absolute Gasteiger partial charge is 0.493 e. The van der Waals surface area contributed by atoms with Gasteiger partial charge < -0.3 is 19.7 Å². The summed E-state index contributed by atoms with van der Waals surface area (Å²) in [6.07, 6.45) is 12.7. The topological polar surface area (TPSA) is 97.0 Å². The maximum absolute atomic E-state index is 12.9. The smallest absolute Gasteiger partial charge is 0.308 e. The van der Waals surface area contributed by atoms with E-state index >= 15 is 0 Å². The average Bonchev–Trinajstić information content (AvgIpc) is 3.01. The van der Waals surface area contributed by atoms with Gasteiger partial charge in [0.25, 0.3) is 5.91 Å². The molecule has 1 atom stereocenters. The SMILES string of the molecule is CCCCCCCCCCCCOC(=O)CC1C(=O)NCCN1C(=S)NC(=O)c1ccc(OCCc2ccccc2)cc1. The van der Waals surface area contributed by atoms with Crippen LogP contribution in [-0.4, -0.2) is 60.1 Å². The Labute approximate surface area is 261 Å². The standard InChI is InChI=1S/C34H47N3O5S/c1-2-3-4-5-6-7-8-9-10-14-24-42-31(38)26-30-33(40)35-22-23-37(30)34(43)36-32(39)28-17-19-29(20-18-28)41-25-21-27-15-12-11-13-16-27/h11-13,15-20,30H,2-10,14,21-26H2,1H3,(H,35,40)(H,36,39,43). The van der Waals surface area contributed by atoms with Crippen molar-refractivity contribution in [3.63, 3.8) is 0 Å². The molecule has 2 aromatic carbocycles. The number of piperazine rings is 1. The molecule has 2 aromatic rings. The fraction of sp³-hybridized carbons (Fsp3) is 0.529. The monoisotopic (exact) mass is 609 g/mol. The van der Waals surface area contributed by atoms with E-state index in [2.05, 4.69) is 29.7 Å². The summed E-state index contributed by atoms with van der Waals surface area (Å²) in [7, 11) is 0. The summed E-state index contributed by atoms with van der Waals surface area (Å²) >= 11 is 5.49. The van der Waals surface area contributed by atoms with Crippen molar-refractivity contribution in [1.29, 1.82) is 0 Å². The molecule has 1 aliphatic rings. The minimum atomic E-state index is -0.831. The van der Waals surface area contributed by atoms with Gasteiger partial charge in [-0.3, -0.25) is 19.7 Å². The summed E-state index contributed by atoms with van der Waals surface area (Å²) in [6.45, 7) is 3.86. The van der Waals surface area contributed by atoms with Crippen LogP contribution in [0.15, 0.2) is 54.6 Å². The minimum absolute atomic E-state index is 0.107. The van der Waals surface area contributed by atoms with Crippen LogP contribution in [0.2, 0.25) is 0 Å². The van der Waals surface area contributed by atoms with Crippen molar-refractivity contribution in [3.8, 4) is 5.75 Å². The molecule has 8 nitrogen and oxygen atoms in total. The van der Waals surface area contributed by atoms with Gasteiger partial charge >= 0.3 is 5.97 Å². The Bertz CT molecular complexity index is 1140. The van der Waals surface area contributed by atoms with Crippen LogP contribution in [0.25, 0.3) is 0 Å². The minimum Gasteiger partial charge on any atom is -0.493 e. The number of nitrogens with zero attached hydrogens (tertiary/aromatic N) is 1. The van der Waals surface area contributed by atoms with E-state index in [0.29, 0.717) is 37.6 Å². The van der Waals surface area contributed by atoms with Crippen molar-refractivity contribution in [2.45, 2.75) is 90.0 Å².